The van der Waals surface area contributed by atoms with E-state index in [9.17, 15) is 15.0 Å². The zero-order valence-electron chi connectivity index (χ0n) is 11.7. The summed E-state index contributed by atoms with van der Waals surface area (Å²) in [5.41, 5.74) is 2.76. The van der Waals surface area contributed by atoms with E-state index in [4.69, 9.17) is 9.47 Å². The maximum absolute atomic E-state index is 11.3. The van der Waals surface area contributed by atoms with Gasteiger partial charge in [-0.15, -0.1) is 0 Å². The van der Waals surface area contributed by atoms with Crippen LogP contribution in [0.4, 0.5) is 0 Å². The van der Waals surface area contributed by atoms with Gasteiger partial charge in [0.15, 0.2) is 11.5 Å². The van der Waals surface area contributed by atoms with Gasteiger partial charge in [-0.2, -0.15) is 0 Å². The highest BCUT2D eigenvalue weighted by Gasteiger charge is 2.41. The molecule has 21 heavy (non-hydrogen) atoms. The van der Waals surface area contributed by atoms with Gasteiger partial charge >= 0.3 is 5.97 Å². The van der Waals surface area contributed by atoms with Crippen molar-refractivity contribution in [2.24, 2.45) is 5.92 Å². The molecular formula is C16H18O5. The van der Waals surface area contributed by atoms with Crippen LogP contribution in [0.1, 0.15) is 41.9 Å². The maximum atomic E-state index is 11.3. The Hall–Kier alpha value is -1.91. The van der Waals surface area contributed by atoms with E-state index in [0.29, 0.717) is 31.3 Å². The first kappa shape index (κ1) is 12.8. The Kier molecular flexibility index (Phi) is 2.77. The Morgan fingerprint density at radius 2 is 1.81 bits per heavy atom. The minimum atomic E-state index is -0.778. The third-order valence-electron chi connectivity index (χ3n) is 4.77. The lowest BCUT2D eigenvalue weighted by Gasteiger charge is -2.21. The Labute approximate surface area is 122 Å². The number of carbonyl (C=O) groups is 1. The fourth-order valence-corrected chi connectivity index (χ4v) is 3.70. The molecule has 2 heterocycles. The molecule has 5 heteroatoms. The van der Waals surface area contributed by atoms with Gasteiger partial charge in [0.1, 0.15) is 5.75 Å². The molecule has 4 rings (SSSR count). The molecule has 112 valence electrons. The fraction of sp³-hybridized carbons (Fsp3) is 0.562. The summed E-state index contributed by atoms with van der Waals surface area (Å²) in [6.45, 7) is 1.09. The smallest absolute Gasteiger partial charge is 0.303 e. The summed E-state index contributed by atoms with van der Waals surface area (Å²) in [6, 6.07) is 0. The molecule has 2 aliphatic heterocycles. The second-order valence-electron chi connectivity index (χ2n) is 6.12. The van der Waals surface area contributed by atoms with Crippen molar-refractivity contribution in [1.82, 2.24) is 0 Å². The molecule has 0 spiro atoms. The number of phenols is 1. The predicted molar refractivity (Wildman–Crippen MR) is 74.2 cm³/mol. The average molecular weight is 290 g/mol. The van der Waals surface area contributed by atoms with Crippen LogP contribution in [-0.4, -0.2) is 29.4 Å². The molecule has 1 aromatic rings. The maximum Gasteiger partial charge on any atom is 0.303 e. The number of hydrogen-bond acceptors (Lipinski definition) is 4. The van der Waals surface area contributed by atoms with Crippen LogP contribution >= 0.6 is 0 Å². The van der Waals surface area contributed by atoms with Crippen molar-refractivity contribution >= 4 is 5.97 Å². The number of ether oxygens (including phenoxy) is 2. The van der Waals surface area contributed by atoms with Crippen LogP contribution in [0.15, 0.2) is 0 Å². The van der Waals surface area contributed by atoms with Crippen LogP contribution in [0, 0.1) is 5.92 Å². The van der Waals surface area contributed by atoms with Crippen LogP contribution in [0.3, 0.4) is 0 Å². The molecule has 0 bridgehead atoms. The molecule has 1 unspecified atom stereocenters. The zero-order valence-corrected chi connectivity index (χ0v) is 11.7. The molecule has 1 aromatic carbocycles. The van der Waals surface area contributed by atoms with Crippen molar-refractivity contribution in [1.29, 1.82) is 0 Å². The highest BCUT2D eigenvalue weighted by molar-refractivity contribution is 5.71. The summed E-state index contributed by atoms with van der Waals surface area (Å²) in [6.07, 6.45) is 3.65. The Bertz CT molecular complexity index is 583. The van der Waals surface area contributed by atoms with Crippen molar-refractivity contribution in [3.05, 3.63) is 16.7 Å². The van der Waals surface area contributed by atoms with Crippen LogP contribution < -0.4 is 9.47 Å². The first-order chi connectivity index (χ1) is 10.2. The fourth-order valence-electron chi connectivity index (χ4n) is 3.70. The van der Waals surface area contributed by atoms with Crippen molar-refractivity contribution in [3.8, 4) is 17.2 Å². The first-order valence-electron chi connectivity index (χ1n) is 7.54. The summed E-state index contributed by atoms with van der Waals surface area (Å²) >= 11 is 0. The largest absolute Gasteiger partial charge is 0.504 e. The number of carboxylic acid groups (broad SMARTS) is 1. The minimum absolute atomic E-state index is 0.0228. The molecule has 1 atom stereocenters. The second kappa shape index (κ2) is 4.55. The van der Waals surface area contributed by atoms with E-state index in [1.54, 1.807) is 0 Å². The SMILES string of the molecule is O=C(O)CC(c1c2c(c(O)c3c1OCC3)OCC2)C1CC1. The average Bonchev–Trinajstić information content (AvgIpc) is 2.98. The normalized spacial score (nSPS) is 20.4. The van der Waals surface area contributed by atoms with Gasteiger partial charge in [-0.1, -0.05) is 0 Å². The molecule has 5 nitrogen and oxygen atoms in total. The van der Waals surface area contributed by atoms with E-state index in [-0.39, 0.29) is 18.1 Å². The zero-order chi connectivity index (χ0) is 14.6. The number of hydrogen-bond donors (Lipinski definition) is 2. The van der Waals surface area contributed by atoms with Gasteiger partial charge in [0.25, 0.3) is 0 Å². The van der Waals surface area contributed by atoms with E-state index < -0.39 is 5.97 Å². The summed E-state index contributed by atoms with van der Waals surface area (Å²) in [5.74, 6) is 1.11. The second-order valence-corrected chi connectivity index (χ2v) is 6.12. The van der Waals surface area contributed by atoms with Gasteiger partial charge < -0.3 is 19.7 Å². The van der Waals surface area contributed by atoms with E-state index in [1.807, 2.05) is 0 Å². The third kappa shape index (κ3) is 1.94. The molecule has 0 aromatic heterocycles. The quantitative estimate of drug-likeness (QED) is 0.889. The van der Waals surface area contributed by atoms with Gasteiger partial charge in [0.2, 0.25) is 0 Å². The molecule has 1 saturated carbocycles. The number of rotatable bonds is 4. The molecule has 2 N–H and O–H groups in total. The number of aliphatic carboxylic acids is 1. The number of carboxylic acids is 1. The van der Waals surface area contributed by atoms with E-state index in [0.717, 1.165) is 41.7 Å². The summed E-state index contributed by atoms with van der Waals surface area (Å²) in [4.78, 5) is 11.3. The Balaban J connectivity index is 1.89. The monoisotopic (exact) mass is 290 g/mol. The number of benzene rings is 1. The van der Waals surface area contributed by atoms with Crippen LogP contribution in [0.5, 0.6) is 17.2 Å². The van der Waals surface area contributed by atoms with Crippen LogP contribution in [0.25, 0.3) is 0 Å². The summed E-state index contributed by atoms with van der Waals surface area (Å²) < 4.78 is 11.4. The van der Waals surface area contributed by atoms with Crippen LogP contribution in [-0.2, 0) is 17.6 Å². The van der Waals surface area contributed by atoms with E-state index in [2.05, 4.69) is 0 Å². The third-order valence-corrected chi connectivity index (χ3v) is 4.77. The van der Waals surface area contributed by atoms with Crippen molar-refractivity contribution in [2.75, 3.05) is 13.2 Å². The molecule has 0 radical (unpaired) electrons. The van der Waals surface area contributed by atoms with E-state index in [1.165, 1.54) is 0 Å². The highest BCUT2D eigenvalue weighted by Crippen LogP contribution is 2.55. The molecule has 1 aliphatic carbocycles. The summed E-state index contributed by atoms with van der Waals surface area (Å²) in [5, 5.41) is 19.6. The first-order valence-corrected chi connectivity index (χ1v) is 7.54. The highest BCUT2D eigenvalue weighted by atomic mass is 16.5. The number of fused-ring (bicyclic) bond motifs is 2. The van der Waals surface area contributed by atoms with E-state index >= 15 is 0 Å². The lowest BCUT2D eigenvalue weighted by molar-refractivity contribution is -0.137. The minimum Gasteiger partial charge on any atom is -0.504 e. The topological polar surface area (TPSA) is 76.0 Å². The van der Waals surface area contributed by atoms with Crippen molar-refractivity contribution in [2.45, 2.75) is 38.0 Å². The molecule has 3 aliphatic rings. The van der Waals surface area contributed by atoms with Gasteiger partial charge in [0, 0.05) is 35.4 Å². The van der Waals surface area contributed by atoms with Gasteiger partial charge in [-0.3, -0.25) is 4.79 Å². The van der Waals surface area contributed by atoms with Gasteiger partial charge in [0.05, 0.1) is 19.6 Å². The Morgan fingerprint density at radius 1 is 1.14 bits per heavy atom. The lowest BCUT2D eigenvalue weighted by Crippen LogP contribution is -2.12. The van der Waals surface area contributed by atoms with Crippen molar-refractivity contribution in [3.63, 3.8) is 0 Å². The summed E-state index contributed by atoms with van der Waals surface area (Å²) in [7, 11) is 0. The van der Waals surface area contributed by atoms with Gasteiger partial charge in [-0.25, -0.2) is 0 Å². The standard InChI is InChI=1S/C16H18O5/c17-12(18)7-11(8-1-2-8)13-9-3-5-21-16(9)14(19)10-4-6-20-15(10)13/h8,11,19H,1-7H2,(H,17,18). The number of phenolic OH excluding ortho intramolecular Hbond substituents is 1. The Morgan fingerprint density at radius 3 is 2.48 bits per heavy atom. The molecule has 0 amide bonds. The number of aromatic hydroxyl groups is 1. The van der Waals surface area contributed by atoms with Gasteiger partial charge in [-0.05, 0) is 18.8 Å². The van der Waals surface area contributed by atoms with Crippen molar-refractivity contribution < 1.29 is 24.5 Å². The molecule has 1 fully saturated rings. The molecular weight excluding hydrogens is 272 g/mol. The predicted octanol–water partition coefficient (Wildman–Crippen LogP) is 2.23. The lowest BCUT2D eigenvalue weighted by atomic mass is 9.84. The van der Waals surface area contributed by atoms with Crippen LogP contribution in [0.2, 0.25) is 0 Å². The molecule has 0 saturated heterocycles.